The van der Waals surface area contributed by atoms with Gasteiger partial charge < -0.3 is 28.6 Å². The van der Waals surface area contributed by atoms with E-state index in [1.165, 1.54) is 0 Å². The Hall–Kier alpha value is -2.36. The van der Waals surface area contributed by atoms with Gasteiger partial charge in [-0.05, 0) is 101 Å². The molecule has 0 aliphatic carbocycles. The first-order valence-corrected chi connectivity index (χ1v) is 20.6. The van der Waals surface area contributed by atoms with E-state index in [0.29, 0.717) is 50.1 Å². The zero-order chi connectivity index (χ0) is 42.3. The lowest BCUT2D eigenvalue weighted by Crippen LogP contribution is -2.43. The van der Waals surface area contributed by atoms with Crippen LogP contribution in [0.5, 0.6) is 0 Å². The maximum Gasteiger partial charge on any atom is 0.409 e. The first kappa shape index (κ1) is 51.6. The number of hydrogen-bond donors (Lipinski definition) is 0. The zero-order valence-corrected chi connectivity index (χ0v) is 38.0. The van der Waals surface area contributed by atoms with E-state index in [-0.39, 0.29) is 55.1 Å². The first-order chi connectivity index (χ1) is 24.5. The standard InChI is InChI=1S/C44H83NO9/c1-19-21-36(46)51-28-34(53-37(47)42(13,14)24-22-40(9,10)31(3)4)26-50-27-35(29-52-39(49)45(20-2)30-44(17,18)33(7)8)54-38(48)43(15,16)25-23-41(11,12)32(5)6/h31-35H,19-30H2,1-18H3. The largest absolute Gasteiger partial charge is 0.462 e. The van der Waals surface area contributed by atoms with Crippen LogP contribution < -0.4 is 0 Å². The fraction of sp³-hybridized carbons (Fsp3) is 0.909. The SMILES string of the molecule is CCCC(=O)OCC(COCC(COC(=O)N(CC)CC(C)(C)C(C)C)OC(=O)C(C)(C)CCC(C)(C)C(C)C)OC(=O)C(C)(C)CCC(C)(C)C(C)C. The fourth-order valence-electron chi connectivity index (χ4n) is 4.93. The van der Waals surface area contributed by atoms with Crippen LogP contribution in [-0.4, -0.2) is 80.6 Å². The van der Waals surface area contributed by atoms with Crippen molar-refractivity contribution in [1.29, 1.82) is 0 Å². The molecule has 0 heterocycles. The Kier molecular flexibility index (Phi) is 21.4. The second kappa shape index (κ2) is 22.4. The number of carbonyl (C=O) groups is 4. The summed E-state index contributed by atoms with van der Waals surface area (Å²) in [6.07, 6.45) is 1.45. The molecule has 2 unspecified atom stereocenters. The molecule has 0 radical (unpaired) electrons. The second-order valence-electron chi connectivity index (χ2n) is 19.8. The summed E-state index contributed by atoms with van der Waals surface area (Å²) in [5.74, 6) is 0.00739. The molecule has 0 rings (SSSR count). The summed E-state index contributed by atoms with van der Waals surface area (Å²) in [6, 6.07) is 0. The molecule has 0 aromatic rings. The topological polar surface area (TPSA) is 118 Å². The molecule has 0 aliphatic heterocycles. The van der Waals surface area contributed by atoms with Gasteiger partial charge in [0.1, 0.15) is 13.2 Å². The van der Waals surface area contributed by atoms with Crippen molar-refractivity contribution >= 4 is 24.0 Å². The van der Waals surface area contributed by atoms with Gasteiger partial charge in [0.15, 0.2) is 12.2 Å². The monoisotopic (exact) mass is 770 g/mol. The molecule has 0 aliphatic rings. The van der Waals surface area contributed by atoms with Crippen molar-refractivity contribution in [3.8, 4) is 0 Å². The van der Waals surface area contributed by atoms with Crippen LogP contribution in [0.1, 0.15) is 163 Å². The van der Waals surface area contributed by atoms with Gasteiger partial charge in [-0.15, -0.1) is 0 Å². The minimum absolute atomic E-state index is 0.0369. The molecule has 2 atom stereocenters. The molecule has 1 amide bonds. The Morgan fingerprint density at radius 1 is 0.537 bits per heavy atom. The summed E-state index contributed by atoms with van der Waals surface area (Å²) in [4.78, 5) is 54.4. The summed E-state index contributed by atoms with van der Waals surface area (Å²) < 4.78 is 29.2. The summed E-state index contributed by atoms with van der Waals surface area (Å²) in [5.41, 5.74) is -1.63. The summed E-state index contributed by atoms with van der Waals surface area (Å²) in [6.45, 7) is 37.6. The van der Waals surface area contributed by atoms with E-state index < -0.39 is 41.1 Å². The van der Waals surface area contributed by atoms with E-state index in [2.05, 4.69) is 83.1 Å². The van der Waals surface area contributed by atoms with Crippen molar-refractivity contribution in [2.24, 2.45) is 44.8 Å². The highest BCUT2D eigenvalue weighted by Crippen LogP contribution is 2.38. The quantitative estimate of drug-likeness (QED) is 0.0626. The maximum absolute atomic E-state index is 13.7. The van der Waals surface area contributed by atoms with Crippen molar-refractivity contribution in [3.05, 3.63) is 0 Å². The molecular formula is C44H83NO9. The molecule has 0 spiro atoms. The Morgan fingerprint density at radius 2 is 0.926 bits per heavy atom. The Bertz CT molecular complexity index is 1150. The number of rotatable bonds is 26. The predicted molar refractivity (Wildman–Crippen MR) is 217 cm³/mol. The van der Waals surface area contributed by atoms with Gasteiger partial charge in [-0.1, -0.05) is 90.0 Å². The van der Waals surface area contributed by atoms with Gasteiger partial charge in [-0.25, -0.2) is 4.79 Å². The van der Waals surface area contributed by atoms with E-state index in [1.54, 1.807) is 4.90 Å². The summed E-state index contributed by atoms with van der Waals surface area (Å²) in [7, 11) is 0. The van der Waals surface area contributed by atoms with Gasteiger partial charge in [0.25, 0.3) is 0 Å². The van der Waals surface area contributed by atoms with Gasteiger partial charge in [0, 0.05) is 19.5 Å². The van der Waals surface area contributed by atoms with E-state index >= 15 is 0 Å². The van der Waals surface area contributed by atoms with Gasteiger partial charge >= 0.3 is 24.0 Å². The third kappa shape index (κ3) is 18.5. The van der Waals surface area contributed by atoms with Crippen LogP contribution in [0.4, 0.5) is 4.79 Å². The molecule has 0 aromatic heterocycles. The molecule has 10 heteroatoms. The number of ether oxygens (including phenoxy) is 5. The number of amides is 1. The lowest BCUT2D eigenvalue weighted by Gasteiger charge is -2.35. The third-order valence-electron chi connectivity index (χ3n) is 12.3. The van der Waals surface area contributed by atoms with Crippen molar-refractivity contribution in [2.75, 3.05) is 39.5 Å². The van der Waals surface area contributed by atoms with Crippen LogP contribution in [0.25, 0.3) is 0 Å². The summed E-state index contributed by atoms with van der Waals surface area (Å²) >= 11 is 0. The Balaban J connectivity index is 6.10. The van der Waals surface area contributed by atoms with Gasteiger partial charge in [0.05, 0.1) is 24.0 Å². The van der Waals surface area contributed by atoms with Gasteiger partial charge in [-0.3, -0.25) is 14.4 Å². The molecule has 0 aromatic carbocycles. The van der Waals surface area contributed by atoms with Crippen LogP contribution in [0.3, 0.4) is 0 Å². The molecule has 54 heavy (non-hydrogen) atoms. The molecule has 0 N–H and O–H groups in total. The van der Waals surface area contributed by atoms with Crippen molar-refractivity contribution in [2.45, 2.75) is 175 Å². The van der Waals surface area contributed by atoms with Crippen LogP contribution in [0.15, 0.2) is 0 Å². The van der Waals surface area contributed by atoms with Crippen LogP contribution in [0.2, 0.25) is 0 Å². The average molecular weight is 770 g/mol. The van der Waals surface area contributed by atoms with E-state index in [0.717, 1.165) is 12.8 Å². The number of carbonyl (C=O) groups excluding carboxylic acids is 4. The van der Waals surface area contributed by atoms with Crippen molar-refractivity contribution < 1.29 is 42.9 Å². The summed E-state index contributed by atoms with van der Waals surface area (Å²) in [5, 5.41) is 0. The predicted octanol–water partition coefficient (Wildman–Crippen LogP) is 10.3. The number of esters is 3. The van der Waals surface area contributed by atoms with E-state index in [4.69, 9.17) is 23.7 Å². The van der Waals surface area contributed by atoms with Crippen LogP contribution in [-0.2, 0) is 38.1 Å². The van der Waals surface area contributed by atoms with Gasteiger partial charge in [-0.2, -0.15) is 0 Å². The normalized spacial score (nSPS) is 14.2. The highest BCUT2D eigenvalue weighted by atomic mass is 16.6. The molecule has 10 nitrogen and oxygen atoms in total. The Labute approximate surface area is 330 Å². The lowest BCUT2D eigenvalue weighted by molar-refractivity contribution is -0.175. The number of hydrogen-bond acceptors (Lipinski definition) is 9. The van der Waals surface area contributed by atoms with Gasteiger partial charge in [0.2, 0.25) is 0 Å². The molecule has 0 bridgehead atoms. The minimum atomic E-state index is -0.927. The molecule has 0 saturated heterocycles. The highest BCUT2D eigenvalue weighted by Gasteiger charge is 2.37. The smallest absolute Gasteiger partial charge is 0.409 e. The molecule has 0 saturated carbocycles. The maximum atomic E-state index is 13.7. The minimum Gasteiger partial charge on any atom is -0.462 e. The first-order valence-electron chi connectivity index (χ1n) is 20.6. The van der Waals surface area contributed by atoms with Crippen molar-refractivity contribution in [3.63, 3.8) is 0 Å². The average Bonchev–Trinajstić information content (AvgIpc) is 3.06. The Morgan fingerprint density at radius 3 is 1.28 bits per heavy atom. The molecule has 318 valence electrons. The second-order valence-corrected chi connectivity index (χ2v) is 19.8. The zero-order valence-electron chi connectivity index (χ0n) is 38.0. The number of nitrogens with zero attached hydrogens (tertiary/aromatic N) is 1. The van der Waals surface area contributed by atoms with Crippen molar-refractivity contribution in [1.82, 2.24) is 4.90 Å². The van der Waals surface area contributed by atoms with E-state index in [9.17, 15) is 19.2 Å². The lowest BCUT2D eigenvalue weighted by atomic mass is 9.73. The van der Waals surface area contributed by atoms with E-state index in [1.807, 2.05) is 41.5 Å². The third-order valence-corrected chi connectivity index (χ3v) is 12.3. The molecular weight excluding hydrogens is 686 g/mol. The fourth-order valence-corrected chi connectivity index (χ4v) is 4.93. The van der Waals surface area contributed by atoms with Crippen LogP contribution >= 0.6 is 0 Å². The molecule has 0 fully saturated rings. The highest BCUT2D eigenvalue weighted by molar-refractivity contribution is 5.76. The van der Waals surface area contributed by atoms with Crippen LogP contribution in [0, 0.1) is 44.8 Å².